The number of rotatable bonds is 6. The summed E-state index contributed by atoms with van der Waals surface area (Å²) in [5.41, 5.74) is 3.94. The molecule has 7 nitrogen and oxygen atoms in total. The van der Waals surface area contributed by atoms with Gasteiger partial charge in [0.05, 0.1) is 23.2 Å². The molecule has 0 aliphatic rings. The Balaban J connectivity index is 1.41. The van der Waals surface area contributed by atoms with Crippen molar-refractivity contribution in [2.45, 2.75) is 32.9 Å². The highest BCUT2D eigenvalue weighted by Gasteiger charge is 2.15. The molecule has 0 spiro atoms. The topological polar surface area (TPSA) is 85.8 Å². The first-order valence-corrected chi connectivity index (χ1v) is 9.19. The van der Waals surface area contributed by atoms with Gasteiger partial charge in [0.1, 0.15) is 0 Å². The highest BCUT2D eigenvalue weighted by atomic mass is 16.5. The van der Waals surface area contributed by atoms with Gasteiger partial charge in [-0.25, -0.2) is 4.98 Å². The lowest BCUT2D eigenvalue weighted by molar-refractivity contribution is 0.0950. The van der Waals surface area contributed by atoms with E-state index < -0.39 is 0 Å². The second-order valence-corrected chi connectivity index (χ2v) is 7.00. The summed E-state index contributed by atoms with van der Waals surface area (Å²) in [4.78, 5) is 16.7. The molecule has 28 heavy (non-hydrogen) atoms. The summed E-state index contributed by atoms with van der Waals surface area (Å²) in [6.45, 7) is 5.22. The molecule has 0 atom stereocenters. The second-order valence-electron chi connectivity index (χ2n) is 7.00. The average Bonchev–Trinajstić information content (AvgIpc) is 3.36. The molecule has 0 unspecified atom stereocenters. The lowest BCUT2D eigenvalue weighted by Gasteiger charge is -2.07. The SMILES string of the molecule is CC(C)c1noc2ncc(C(=O)NCc3ccc(Cn4cccn4)cc3)cc12. The molecule has 3 aromatic heterocycles. The number of carbonyl (C=O) groups is 1. The Morgan fingerprint density at radius 3 is 2.71 bits per heavy atom. The maximum Gasteiger partial charge on any atom is 0.257 e. The van der Waals surface area contributed by atoms with Crippen molar-refractivity contribution in [3.05, 3.63) is 77.4 Å². The van der Waals surface area contributed by atoms with Gasteiger partial charge >= 0.3 is 0 Å². The van der Waals surface area contributed by atoms with Crippen molar-refractivity contribution in [1.29, 1.82) is 0 Å². The van der Waals surface area contributed by atoms with E-state index in [0.717, 1.165) is 28.8 Å². The largest absolute Gasteiger partial charge is 0.348 e. The zero-order valence-electron chi connectivity index (χ0n) is 15.8. The molecule has 1 N–H and O–H groups in total. The number of carbonyl (C=O) groups excluding carboxylic acids is 1. The minimum absolute atomic E-state index is 0.175. The van der Waals surface area contributed by atoms with Crippen LogP contribution in [-0.2, 0) is 13.1 Å². The Labute approximate surface area is 162 Å². The normalized spacial score (nSPS) is 11.2. The molecule has 4 aromatic rings. The zero-order chi connectivity index (χ0) is 19.5. The number of amides is 1. The van der Waals surface area contributed by atoms with Crippen LogP contribution in [0.1, 0.15) is 46.9 Å². The van der Waals surface area contributed by atoms with Crippen molar-refractivity contribution in [2.24, 2.45) is 0 Å². The molecule has 7 heteroatoms. The Bertz CT molecular complexity index is 1080. The third-order valence-electron chi connectivity index (χ3n) is 4.55. The van der Waals surface area contributed by atoms with Gasteiger partial charge in [-0.1, -0.05) is 43.3 Å². The minimum atomic E-state index is -0.175. The Morgan fingerprint density at radius 2 is 2.00 bits per heavy atom. The monoisotopic (exact) mass is 375 g/mol. The van der Waals surface area contributed by atoms with Gasteiger partial charge in [-0.15, -0.1) is 0 Å². The minimum Gasteiger partial charge on any atom is -0.348 e. The van der Waals surface area contributed by atoms with Crippen LogP contribution in [0.25, 0.3) is 11.1 Å². The molecule has 1 amide bonds. The van der Waals surface area contributed by atoms with Crippen LogP contribution in [0.4, 0.5) is 0 Å². The van der Waals surface area contributed by atoms with Gasteiger partial charge in [-0.3, -0.25) is 9.48 Å². The van der Waals surface area contributed by atoms with Crippen LogP contribution in [0.15, 0.2) is 59.5 Å². The van der Waals surface area contributed by atoms with Crippen LogP contribution >= 0.6 is 0 Å². The van der Waals surface area contributed by atoms with Crippen LogP contribution in [0, 0.1) is 0 Å². The molecule has 0 bridgehead atoms. The predicted octanol–water partition coefficient (Wildman–Crippen LogP) is 3.52. The highest BCUT2D eigenvalue weighted by molar-refractivity contribution is 5.97. The lowest BCUT2D eigenvalue weighted by atomic mass is 10.1. The van der Waals surface area contributed by atoms with E-state index >= 15 is 0 Å². The number of nitrogens with zero attached hydrogens (tertiary/aromatic N) is 4. The van der Waals surface area contributed by atoms with E-state index in [0.29, 0.717) is 17.8 Å². The molecule has 0 fully saturated rings. The van der Waals surface area contributed by atoms with Crippen molar-refractivity contribution in [3.63, 3.8) is 0 Å². The summed E-state index contributed by atoms with van der Waals surface area (Å²) in [5.74, 6) is 0.0209. The van der Waals surface area contributed by atoms with E-state index in [-0.39, 0.29) is 11.8 Å². The van der Waals surface area contributed by atoms with Gasteiger partial charge in [0, 0.05) is 25.1 Å². The fraction of sp³-hybridized carbons (Fsp3) is 0.238. The third-order valence-corrected chi connectivity index (χ3v) is 4.55. The van der Waals surface area contributed by atoms with Gasteiger partial charge in [0.25, 0.3) is 11.6 Å². The number of hydrogen-bond acceptors (Lipinski definition) is 5. The third kappa shape index (κ3) is 3.78. The number of pyridine rings is 1. The summed E-state index contributed by atoms with van der Waals surface area (Å²) in [6.07, 6.45) is 5.21. The summed E-state index contributed by atoms with van der Waals surface area (Å²) in [7, 11) is 0. The summed E-state index contributed by atoms with van der Waals surface area (Å²) < 4.78 is 7.10. The lowest BCUT2D eigenvalue weighted by Crippen LogP contribution is -2.22. The van der Waals surface area contributed by atoms with Gasteiger partial charge in [-0.05, 0) is 29.2 Å². The van der Waals surface area contributed by atoms with Crippen LogP contribution in [-0.4, -0.2) is 25.8 Å². The summed E-state index contributed by atoms with van der Waals surface area (Å²) in [6, 6.07) is 11.8. The smallest absolute Gasteiger partial charge is 0.257 e. The van der Waals surface area contributed by atoms with Crippen molar-refractivity contribution in [1.82, 2.24) is 25.2 Å². The van der Waals surface area contributed by atoms with E-state index in [4.69, 9.17) is 4.52 Å². The quantitative estimate of drug-likeness (QED) is 0.557. The molecule has 1 aromatic carbocycles. The molecular weight excluding hydrogens is 354 g/mol. The van der Waals surface area contributed by atoms with Crippen molar-refractivity contribution >= 4 is 17.0 Å². The Kier molecular flexibility index (Phi) is 4.89. The van der Waals surface area contributed by atoms with Gasteiger partial charge in [-0.2, -0.15) is 5.10 Å². The molecule has 0 saturated carbocycles. The van der Waals surface area contributed by atoms with Crippen LogP contribution in [0.5, 0.6) is 0 Å². The van der Waals surface area contributed by atoms with Crippen LogP contribution in [0.2, 0.25) is 0 Å². The fourth-order valence-electron chi connectivity index (χ4n) is 3.02. The number of aromatic nitrogens is 4. The maximum absolute atomic E-state index is 12.5. The first-order valence-electron chi connectivity index (χ1n) is 9.19. The van der Waals surface area contributed by atoms with E-state index in [1.165, 1.54) is 6.20 Å². The standard InChI is InChI=1S/C21H21N5O2/c1-14(2)19-18-10-17(12-23-21(18)28-25-19)20(27)22-11-15-4-6-16(7-5-15)13-26-9-3-8-24-26/h3-10,12,14H,11,13H2,1-2H3,(H,22,27). The van der Waals surface area contributed by atoms with Gasteiger partial charge in [0.15, 0.2) is 0 Å². The Morgan fingerprint density at radius 1 is 1.21 bits per heavy atom. The molecular formula is C21H21N5O2. The maximum atomic E-state index is 12.5. The zero-order valence-corrected chi connectivity index (χ0v) is 15.8. The van der Waals surface area contributed by atoms with E-state index in [2.05, 4.69) is 20.6 Å². The second kappa shape index (κ2) is 7.64. The first kappa shape index (κ1) is 17.9. The van der Waals surface area contributed by atoms with Gasteiger partial charge < -0.3 is 9.84 Å². The fourth-order valence-corrected chi connectivity index (χ4v) is 3.02. The van der Waals surface area contributed by atoms with Crippen LogP contribution < -0.4 is 5.32 Å². The number of fused-ring (bicyclic) bond motifs is 1. The summed E-state index contributed by atoms with van der Waals surface area (Å²) >= 11 is 0. The average molecular weight is 375 g/mol. The van der Waals surface area contributed by atoms with E-state index in [9.17, 15) is 4.79 Å². The molecule has 0 aliphatic heterocycles. The number of hydrogen-bond donors (Lipinski definition) is 1. The van der Waals surface area contributed by atoms with Crippen molar-refractivity contribution < 1.29 is 9.32 Å². The van der Waals surface area contributed by atoms with Gasteiger partial charge in [0.2, 0.25) is 0 Å². The molecule has 0 radical (unpaired) electrons. The summed E-state index contributed by atoms with van der Waals surface area (Å²) in [5, 5.41) is 12.0. The first-order chi connectivity index (χ1) is 13.6. The molecule has 4 rings (SSSR count). The highest BCUT2D eigenvalue weighted by Crippen LogP contribution is 2.24. The molecule has 142 valence electrons. The molecule has 0 saturated heterocycles. The van der Waals surface area contributed by atoms with Crippen molar-refractivity contribution in [3.8, 4) is 0 Å². The molecule has 3 heterocycles. The Hall–Kier alpha value is -3.48. The number of benzene rings is 1. The molecule has 0 aliphatic carbocycles. The van der Waals surface area contributed by atoms with Crippen molar-refractivity contribution in [2.75, 3.05) is 0 Å². The predicted molar refractivity (Wildman–Crippen MR) is 105 cm³/mol. The van der Waals surface area contributed by atoms with E-state index in [1.807, 2.05) is 55.1 Å². The van der Waals surface area contributed by atoms with E-state index in [1.54, 1.807) is 12.3 Å². The number of nitrogens with one attached hydrogen (secondary N) is 1. The van der Waals surface area contributed by atoms with Crippen LogP contribution in [0.3, 0.4) is 0 Å².